The first-order valence-electron chi connectivity index (χ1n) is 3.92. The molecule has 0 aliphatic heterocycles. The highest BCUT2D eigenvalue weighted by molar-refractivity contribution is 5.84. The largest absolute Gasteiger partial charge is 0.280 e. The van der Waals surface area contributed by atoms with Crippen molar-refractivity contribution in [1.29, 1.82) is 0 Å². The molecule has 1 aromatic carbocycles. The number of H-pyrrole nitrogens is 1. The van der Waals surface area contributed by atoms with Gasteiger partial charge in [-0.05, 0) is 12.5 Å². The van der Waals surface area contributed by atoms with Crippen molar-refractivity contribution in [3.63, 3.8) is 0 Å². The molecule has 2 aromatic rings. The first-order valence-corrected chi connectivity index (χ1v) is 3.92. The van der Waals surface area contributed by atoms with E-state index in [1.807, 2.05) is 13.0 Å². The van der Waals surface area contributed by atoms with Gasteiger partial charge in [0, 0.05) is 5.39 Å². The number of hydrogen-bond acceptors (Lipinski definition) is 1. The first kappa shape index (κ1) is 8.16. The van der Waals surface area contributed by atoms with E-state index in [0.717, 1.165) is 5.56 Å². The van der Waals surface area contributed by atoms with Crippen molar-refractivity contribution in [2.75, 3.05) is 0 Å². The lowest BCUT2D eigenvalue weighted by Crippen LogP contribution is -1.83. The molecule has 2 rings (SSSR count). The number of para-hydroxylation sites is 1. The smallest absolute Gasteiger partial charge is 0.276 e. The molecule has 0 fully saturated rings. The fourth-order valence-corrected chi connectivity index (χ4v) is 1.37. The second-order valence-corrected chi connectivity index (χ2v) is 2.91. The molecule has 0 unspecified atom stereocenters. The number of nitrogens with one attached hydrogen (secondary N) is 1. The number of aryl methyl sites for hydroxylation is 1. The van der Waals surface area contributed by atoms with E-state index >= 15 is 0 Å². The van der Waals surface area contributed by atoms with Crippen LogP contribution in [0, 0.1) is 6.92 Å². The molecule has 2 nitrogen and oxygen atoms in total. The van der Waals surface area contributed by atoms with Crippen LogP contribution < -0.4 is 0 Å². The van der Waals surface area contributed by atoms with Crippen LogP contribution in [0.4, 0.5) is 8.78 Å². The molecule has 0 radical (unpaired) electrons. The SMILES string of the molecule is Cc1cccc2c(C(F)F)[nH]nc12. The minimum atomic E-state index is -2.49. The van der Waals surface area contributed by atoms with Crippen LogP contribution in [0.2, 0.25) is 0 Å². The van der Waals surface area contributed by atoms with Crippen molar-refractivity contribution in [2.45, 2.75) is 13.3 Å². The van der Waals surface area contributed by atoms with E-state index in [2.05, 4.69) is 10.2 Å². The van der Waals surface area contributed by atoms with Crippen LogP contribution in [0.25, 0.3) is 10.9 Å². The zero-order chi connectivity index (χ0) is 9.42. The number of halogens is 2. The van der Waals surface area contributed by atoms with E-state index in [0.29, 0.717) is 10.9 Å². The average molecular weight is 182 g/mol. The maximum absolute atomic E-state index is 12.4. The van der Waals surface area contributed by atoms with Crippen molar-refractivity contribution in [2.24, 2.45) is 0 Å². The van der Waals surface area contributed by atoms with E-state index in [1.165, 1.54) is 0 Å². The molecule has 0 amide bonds. The van der Waals surface area contributed by atoms with Gasteiger partial charge in [0.2, 0.25) is 0 Å². The fourth-order valence-electron chi connectivity index (χ4n) is 1.37. The Morgan fingerprint density at radius 2 is 2.15 bits per heavy atom. The summed E-state index contributed by atoms with van der Waals surface area (Å²) in [7, 11) is 0. The van der Waals surface area contributed by atoms with Crippen LogP contribution in [0.15, 0.2) is 18.2 Å². The molecule has 1 N–H and O–H groups in total. The summed E-state index contributed by atoms with van der Waals surface area (Å²) in [4.78, 5) is 0. The Bertz CT molecular complexity index is 434. The summed E-state index contributed by atoms with van der Waals surface area (Å²) in [6.45, 7) is 1.85. The predicted molar refractivity (Wildman–Crippen MR) is 45.8 cm³/mol. The molecule has 1 heterocycles. The second kappa shape index (κ2) is 2.80. The van der Waals surface area contributed by atoms with Gasteiger partial charge in [-0.15, -0.1) is 0 Å². The van der Waals surface area contributed by atoms with E-state index < -0.39 is 6.43 Å². The monoisotopic (exact) mass is 182 g/mol. The van der Waals surface area contributed by atoms with E-state index in [-0.39, 0.29) is 5.69 Å². The quantitative estimate of drug-likeness (QED) is 0.721. The van der Waals surface area contributed by atoms with Gasteiger partial charge < -0.3 is 0 Å². The highest BCUT2D eigenvalue weighted by Gasteiger charge is 2.14. The molecule has 0 saturated carbocycles. The van der Waals surface area contributed by atoms with Gasteiger partial charge in [0.15, 0.2) is 0 Å². The normalized spacial score (nSPS) is 11.4. The maximum atomic E-state index is 12.4. The molecule has 1 aromatic heterocycles. The molecule has 0 atom stereocenters. The van der Waals surface area contributed by atoms with Gasteiger partial charge in [-0.25, -0.2) is 8.78 Å². The van der Waals surface area contributed by atoms with Crippen molar-refractivity contribution in [3.05, 3.63) is 29.5 Å². The van der Waals surface area contributed by atoms with E-state index in [1.54, 1.807) is 12.1 Å². The van der Waals surface area contributed by atoms with Gasteiger partial charge in [0.05, 0.1) is 5.52 Å². The Kier molecular flexibility index (Phi) is 1.76. The van der Waals surface area contributed by atoms with Crippen LogP contribution in [-0.2, 0) is 0 Å². The molecule has 0 bridgehead atoms. The van der Waals surface area contributed by atoms with Crippen LogP contribution in [0.3, 0.4) is 0 Å². The van der Waals surface area contributed by atoms with Crippen molar-refractivity contribution < 1.29 is 8.78 Å². The van der Waals surface area contributed by atoms with E-state index in [4.69, 9.17) is 0 Å². The highest BCUT2D eigenvalue weighted by atomic mass is 19.3. The number of aromatic nitrogens is 2. The third kappa shape index (κ3) is 1.18. The lowest BCUT2D eigenvalue weighted by molar-refractivity contribution is 0.147. The fraction of sp³-hybridized carbons (Fsp3) is 0.222. The molecule has 0 aliphatic carbocycles. The van der Waals surface area contributed by atoms with Gasteiger partial charge in [-0.2, -0.15) is 5.10 Å². The number of rotatable bonds is 1. The molecule has 0 saturated heterocycles. The predicted octanol–water partition coefficient (Wildman–Crippen LogP) is 2.81. The molecular formula is C9H8F2N2. The summed E-state index contributed by atoms with van der Waals surface area (Å²) < 4.78 is 24.8. The van der Waals surface area contributed by atoms with Crippen LogP contribution in [0.5, 0.6) is 0 Å². The molecule has 0 spiro atoms. The van der Waals surface area contributed by atoms with Gasteiger partial charge in [-0.1, -0.05) is 18.2 Å². The summed E-state index contributed by atoms with van der Waals surface area (Å²) in [5, 5.41) is 6.70. The number of benzene rings is 1. The molecule has 0 aliphatic rings. The Morgan fingerprint density at radius 1 is 1.38 bits per heavy atom. The third-order valence-corrected chi connectivity index (χ3v) is 2.03. The summed E-state index contributed by atoms with van der Waals surface area (Å²) in [6, 6.07) is 5.24. The van der Waals surface area contributed by atoms with Crippen molar-refractivity contribution >= 4 is 10.9 Å². The topological polar surface area (TPSA) is 28.7 Å². The zero-order valence-electron chi connectivity index (χ0n) is 7.01. The van der Waals surface area contributed by atoms with Gasteiger partial charge in [-0.3, -0.25) is 5.10 Å². The van der Waals surface area contributed by atoms with Crippen LogP contribution in [-0.4, -0.2) is 10.2 Å². The number of fused-ring (bicyclic) bond motifs is 1. The van der Waals surface area contributed by atoms with Crippen molar-refractivity contribution in [3.8, 4) is 0 Å². The summed E-state index contributed by atoms with van der Waals surface area (Å²) in [5.74, 6) is 0. The lowest BCUT2D eigenvalue weighted by Gasteiger charge is -1.95. The molecular weight excluding hydrogens is 174 g/mol. The van der Waals surface area contributed by atoms with Gasteiger partial charge in [0.1, 0.15) is 5.69 Å². The second-order valence-electron chi connectivity index (χ2n) is 2.91. The Labute approximate surface area is 73.6 Å². The van der Waals surface area contributed by atoms with Crippen molar-refractivity contribution in [1.82, 2.24) is 10.2 Å². The average Bonchev–Trinajstić information content (AvgIpc) is 2.48. The Morgan fingerprint density at radius 3 is 2.85 bits per heavy atom. The molecule has 13 heavy (non-hydrogen) atoms. The minimum Gasteiger partial charge on any atom is -0.276 e. The first-order chi connectivity index (χ1) is 6.20. The maximum Gasteiger partial charge on any atom is 0.280 e. The third-order valence-electron chi connectivity index (χ3n) is 2.03. The minimum absolute atomic E-state index is 0.0984. The Hall–Kier alpha value is -1.45. The summed E-state index contributed by atoms with van der Waals surface area (Å²) >= 11 is 0. The van der Waals surface area contributed by atoms with E-state index in [9.17, 15) is 8.78 Å². The standard InChI is InChI=1S/C9H8F2N2/c1-5-3-2-4-6-7(5)12-13-8(6)9(10)11/h2-4,9H,1H3,(H,12,13). The van der Waals surface area contributed by atoms with Crippen LogP contribution in [0.1, 0.15) is 17.7 Å². The van der Waals surface area contributed by atoms with Crippen LogP contribution >= 0.6 is 0 Å². The number of alkyl halides is 2. The van der Waals surface area contributed by atoms with Gasteiger partial charge >= 0.3 is 0 Å². The summed E-state index contributed by atoms with van der Waals surface area (Å²) in [5.41, 5.74) is 1.43. The lowest BCUT2D eigenvalue weighted by atomic mass is 10.1. The van der Waals surface area contributed by atoms with Gasteiger partial charge in [0.25, 0.3) is 6.43 Å². The Balaban J connectivity index is 2.75. The number of hydrogen-bond donors (Lipinski definition) is 1. The number of nitrogens with zero attached hydrogens (tertiary/aromatic N) is 1. The highest BCUT2D eigenvalue weighted by Crippen LogP contribution is 2.26. The zero-order valence-corrected chi connectivity index (χ0v) is 7.01. The molecule has 4 heteroatoms. The summed E-state index contributed by atoms with van der Waals surface area (Å²) in [6.07, 6.45) is -2.49. The molecule has 68 valence electrons. The number of aromatic amines is 1.